The molecule has 2 rings (SSSR count). The van der Waals surface area contributed by atoms with Crippen LogP contribution in [0.5, 0.6) is 0 Å². The predicted octanol–water partition coefficient (Wildman–Crippen LogP) is 4.16. The van der Waals surface area contributed by atoms with E-state index in [9.17, 15) is 9.59 Å². The fourth-order valence-electron chi connectivity index (χ4n) is 1.90. The first-order valence-electron chi connectivity index (χ1n) is 6.83. The third kappa shape index (κ3) is 3.67. The molecule has 4 nitrogen and oxygen atoms in total. The summed E-state index contributed by atoms with van der Waals surface area (Å²) in [5.41, 5.74) is 1.99. The number of esters is 1. The molecule has 0 bridgehead atoms. The molecule has 1 aromatic heterocycles. The van der Waals surface area contributed by atoms with Crippen LogP contribution in [0.2, 0.25) is 0 Å². The van der Waals surface area contributed by atoms with Gasteiger partial charge in [0.25, 0.3) is 0 Å². The van der Waals surface area contributed by atoms with E-state index in [4.69, 9.17) is 16.3 Å². The van der Waals surface area contributed by atoms with Gasteiger partial charge in [0.15, 0.2) is 0 Å². The minimum atomic E-state index is -0.683. The molecule has 0 aliphatic rings. The molecule has 0 radical (unpaired) electrons. The number of alkyl halides is 1. The van der Waals surface area contributed by atoms with Gasteiger partial charge in [-0.15, -0.1) is 22.9 Å². The molecule has 0 fully saturated rings. The zero-order chi connectivity index (χ0) is 16.1. The van der Waals surface area contributed by atoms with Crippen molar-refractivity contribution in [2.75, 3.05) is 11.9 Å². The Bertz CT molecular complexity index is 667. The lowest BCUT2D eigenvalue weighted by molar-refractivity contribution is -0.115. The highest BCUT2D eigenvalue weighted by Gasteiger charge is 2.23. The number of anilines is 1. The number of nitrogens with one attached hydrogen (secondary N) is 1. The summed E-state index contributed by atoms with van der Waals surface area (Å²) < 4.78 is 5.11. The summed E-state index contributed by atoms with van der Waals surface area (Å²) in [5, 5.41) is 4.29. The first kappa shape index (κ1) is 16.5. The molecule has 0 saturated carbocycles. The normalized spacial score (nSPS) is 11.8. The zero-order valence-corrected chi connectivity index (χ0v) is 13.8. The first-order valence-corrected chi connectivity index (χ1v) is 8.15. The number of hydrogen-bond acceptors (Lipinski definition) is 4. The van der Waals surface area contributed by atoms with E-state index < -0.39 is 11.3 Å². The molecule has 0 unspecified atom stereocenters. The Kier molecular flexibility index (Phi) is 5.57. The predicted molar refractivity (Wildman–Crippen MR) is 89.7 cm³/mol. The minimum absolute atomic E-state index is 0.266. The van der Waals surface area contributed by atoms with Crippen LogP contribution in [0.1, 0.15) is 24.2 Å². The molecule has 6 heteroatoms. The summed E-state index contributed by atoms with van der Waals surface area (Å²) in [6.45, 7) is 3.58. The van der Waals surface area contributed by atoms with Crippen molar-refractivity contribution < 1.29 is 14.3 Å². The van der Waals surface area contributed by atoms with Crippen LogP contribution in [0.15, 0.2) is 35.7 Å². The van der Waals surface area contributed by atoms with E-state index >= 15 is 0 Å². The van der Waals surface area contributed by atoms with Gasteiger partial charge >= 0.3 is 5.97 Å². The second-order valence-corrected chi connectivity index (χ2v) is 6.08. The molecule has 1 aromatic carbocycles. The largest absolute Gasteiger partial charge is 0.462 e. The highest BCUT2D eigenvalue weighted by Crippen LogP contribution is 2.36. The molecule has 0 aliphatic carbocycles. The van der Waals surface area contributed by atoms with Crippen LogP contribution in [0.4, 0.5) is 5.00 Å². The van der Waals surface area contributed by atoms with Gasteiger partial charge in [0.1, 0.15) is 15.9 Å². The Hall–Kier alpha value is -1.85. The maximum absolute atomic E-state index is 12.3. The fraction of sp³-hybridized carbons (Fsp3) is 0.250. The number of carbonyl (C=O) groups excluding carboxylic acids is 2. The van der Waals surface area contributed by atoms with Gasteiger partial charge < -0.3 is 10.1 Å². The van der Waals surface area contributed by atoms with E-state index in [0.29, 0.717) is 10.6 Å². The number of benzene rings is 1. The van der Waals surface area contributed by atoms with Crippen LogP contribution in [0, 0.1) is 0 Å². The SMILES string of the molecule is CCOC(=O)c1c(-c2ccccc2)csc1NC(=O)[C@H](C)Cl. The Morgan fingerprint density at radius 1 is 1.32 bits per heavy atom. The standard InChI is InChI=1S/C16H16ClNO3S/c1-3-21-16(20)13-12(11-7-5-4-6-8-11)9-22-15(13)18-14(19)10(2)17/h4-10H,3H2,1-2H3,(H,18,19)/t10-/m0/s1. The molecule has 1 N–H and O–H groups in total. The zero-order valence-electron chi connectivity index (χ0n) is 12.3. The van der Waals surface area contributed by atoms with Gasteiger partial charge in [-0.1, -0.05) is 30.3 Å². The molecule has 1 heterocycles. The maximum atomic E-state index is 12.3. The summed E-state index contributed by atoms with van der Waals surface area (Å²) in [7, 11) is 0. The lowest BCUT2D eigenvalue weighted by Crippen LogP contribution is -2.21. The summed E-state index contributed by atoms with van der Waals surface area (Å²) in [6, 6.07) is 9.49. The Morgan fingerprint density at radius 3 is 2.59 bits per heavy atom. The average molecular weight is 338 g/mol. The lowest BCUT2D eigenvalue weighted by Gasteiger charge is -2.09. The van der Waals surface area contributed by atoms with E-state index in [1.54, 1.807) is 13.8 Å². The van der Waals surface area contributed by atoms with Crippen LogP contribution in [0.3, 0.4) is 0 Å². The van der Waals surface area contributed by atoms with E-state index in [2.05, 4.69) is 5.32 Å². The summed E-state index contributed by atoms with van der Waals surface area (Å²) in [4.78, 5) is 24.1. The molecule has 0 saturated heterocycles. The van der Waals surface area contributed by atoms with Crippen molar-refractivity contribution in [2.24, 2.45) is 0 Å². The number of halogens is 1. The Labute approximate surface area is 138 Å². The number of rotatable bonds is 5. The van der Waals surface area contributed by atoms with Crippen molar-refractivity contribution in [3.8, 4) is 11.1 Å². The highest BCUT2D eigenvalue weighted by atomic mass is 35.5. The first-order chi connectivity index (χ1) is 10.5. The lowest BCUT2D eigenvalue weighted by atomic mass is 10.0. The van der Waals surface area contributed by atoms with Crippen LogP contribution < -0.4 is 5.32 Å². The fourth-order valence-corrected chi connectivity index (χ4v) is 2.91. The topological polar surface area (TPSA) is 55.4 Å². The van der Waals surface area contributed by atoms with Gasteiger partial charge in [-0.3, -0.25) is 4.79 Å². The molecule has 22 heavy (non-hydrogen) atoms. The quantitative estimate of drug-likeness (QED) is 0.658. The van der Waals surface area contributed by atoms with Crippen molar-refractivity contribution >= 4 is 39.8 Å². The number of ether oxygens (including phenoxy) is 1. The monoisotopic (exact) mass is 337 g/mol. The third-order valence-electron chi connectivity index (χ3n) is 2.95. The smallest absolute Gasteiger partial charge is 0.341 e. The highest BCUT2D eigenvalue weighted by molar-refractivity contribution is 7.15. The molecule has 0 aliphatic heterocycles. The number of hydrogen-bond donors (Lipinski definition) is 1. The van der Waals surface area contributed by atoms with Gasteiger partial charge in [-0.25, -0.2) is 4.79 Å². The minimum Gasteiger partial charge on any atom is -0.462 e. The molecule has 1 atom stereocenters. The number of amides is 1. The third-order valence-corrected chi connectivity index (χ3v) is 4.05. The van der Waals surface area contributed by atoms with Crippen molar-refractivity contribution in [3.63, 3.8) is 0 Å². The summed E-state index contributed by atoms with van der Waals surface area (Å²) >= 11 is 7.05. The van der Waals surface area contributed by atoms with Gasteiger partial charge in [0, 0.05) is 10.9 Å². The molecule has 2 aromatic rings. The van der Waals surface area contributed by atoms with Gasteiger partial charge in [-0.05, 0) is 19.4 Å². The van der Waals surface area contributed by atoms with Crippen molar-refractivity contribution in [2.45, 2.75) is 19.2 Å². The number of carbonyl (C=O) groups is 2. The maximum Gasteiger partial charge on any atom is 0.341 e. The second kappa shape index (κ2) is 7.42. The van der Waals surface area contributed by atoms with Gasteiger partial charge in [0.2, 0.25) is 5.91 Å². The van der Waals surface area contributed by atoms with Crippen LogP contribution in [-0.4, -0.2) is 23.9 Å². The molecular formula is C16H16ClNO3S. The van der Waals surface area contributed by atoms with Crippen molar-refractivity contribution in [1.82, 2.24) is 0 Å². The Balaban J connectivity index is 2.45. The van der Waals surface area contributed by atoms with E-state index in [1.807, 2.05) is 35.7 Å². The average Bonchev–Trinajstić information content (AvgIpc) is 2.92. The molecular weight excluding hydrogens is 322 g/mol. The van der Waals surface area contributed by atoms with Crippen molar-refractivity contribution in [3.05, 3.63) is 41.3 Å². The van der Waals surface area contributed by atoms with Crippen LogP contribution in [-0.2, 0) is 9.53 Å². The van der Waals surface area contributed by atoms with E-state index in [-0.39, 0.29) is 12.5 Å². The summed E-state index contributed by atoms with van der Waals surface area (Å²) in [5.74, 6) is -0.811. The molecule has 116 valence electrons. The molecule has 1 amide bonds. The number of thiophene rings is 1. The van der Waals surface area contributed by atoms with Gasteiger partial charge in [0.05, 0.1) is 6.61 Å². The van der Waals surface area contributed by atoms with E-state index in [1.165, 1.54) is 11.3 Å². The second-order valence-electron chi connectivity index (χ2n) is 4.55. The van der Waals surface area contributed by atoms with Crippen molar-refractivity contribution in [1.29, 1.82) is 0 Å². The Morgan fingerprint density at radius 2 is 2.00 bits per heavy atom. The van der Waals surface area contributed by atoms with Gasteiger partial charge in [-0.2, -0.15) is 0 Å². The van der Waals surface area contributed by atoms with E-state index in [0.717, 1.165) is 11.1 Å². The van der Waals surface area contributed by atoms with Crippen LogP contribution >= 0.6 is 22.9 Å². The summed E-state index contributed by atoms with van der Waals surface area (Å²) in [6.07, 6.45) is 0. The molecule has 0 spiro atoms. The van der Waals surface area contributed by atoms with Crippen LogP contribution in [0.25, 0.3) is 11.1 Å².